The van der Waals surface area contributed by atoms with E-state index in [4.69, 9.17) is 4.74 Å². The lowest BCUT2D eigenvalue weighted by molar-refractivity contribution is -0.138. The lowest BCUT2D eigenvalue weighted by atomic mass is 10.2. The standard InChI is InChI=1S/C11H18N2O2/c14-11(5-12-8-1-2-8)13-6-9-3-4-10(7-13)15-9/h8-10,12H,1-7H2. The molecule has 1 saturated carbocycles. The molecule has 3 fully saturated rings. The van der Waals surface area contributed by atoms with Gasteiger partial charge in [0.1, 0.15) is 0 Å². The number of amides is 1. The molecule has 1 aliphatic carbocycles. The summed E-state index contributed by atoms with van der Waals surface area (Å²) < 4.78 is 5.70. The Kier molecular flexibility index (Phi) is 2.41. The minimum atomic E-state index is 0.252. The van der Waals surface area contributed by atoms with Crippen LogP contribution in [-0.2, 0) is 9.53 Å². The zero-order valence-corrected chi connectivity index (χ0v) is 8.95. The first-order valence-electron chi connectivity index (χ1n) is 5.98. The third kappa shape index (κ3) is 2.16. The van der Waals surface area contributed by atoms with Gasteiger partial charge in [-0.05, 0) is 25.7 Å². The molecule has 3 aliphatic rings. The molecule has 4 nitrogen and oxygen atoms in total. The summed E-state index contributed by atoms with van der Waals surface area (Å²) in [5.74, 6) is 0.252. The van der Waals surface area contributed by atoms with E-state index in [1.807, 2.05) is 4.90 Å². The van der Waals surface area contributed by atoms with E-state index >= 15 is 0 Å². The van der Waals surface area contributed by atoms with Crippen LogP contribution in [0.1, 0.15) is 25.7 Å². The van der Waals surface area contributed by atoms with Crippen LogP contribution in [-0.4, -0.2) is 48.7 Å². The van der Waals surface area contributed by atoms with Gasteiger partial charge in [0.25, 0.3) is 0 Å². The number of morpholine rings is 1. The fourth-order valence-electron chi connectivity index (χ4n) is 2.45. The number of ether oxygens (including phenoxy) is 1. The van der Waals surface area contributed by atoms with E-state index < -0.39 is 0 Å². The number of nitrogens with zero attached hydrogens (tertiary/aromatic N) is 1. The van der Waals surface area contributed by atoms with Gasteiger partial charge in [0.2, 0.25) is 5.91 Å². The van der Waals surface area contributed by atoms with Gasteiger partial charge in [-0.2, -0.15) is 0 Å². The molecular weight excluding hydrogens is 192 g/mol. The van der Waals surface area contributed by atoms with Crippen LogP contribution >= 0.6 is 0 Å². The fourth-order valence-corrected chi connectivity index (χ4v) is 2.45. The van der Waals surface area contributed by atoms with E-state index in [9.17, 15) is 4.79 Å². The molecule has 0 aromatic rings. The van der Waals surface area contributed by atoms with Crippen LogP contribution < -0.4 is 5.32 Å². The van der Waals surface area contributed by atoms with Gasteiger partial charge < -0.3 is 15.0 Å². The highest BCUT2D eigenvalue weighted by molar-refractivity contribution is 5.78. The number of likely N-dealkylation sites (tertiary alicyclic amines) is 1. The van der Waals surface area contributed by atoms with Crippen molar-refractivity contribution >= 4 is 5.91 Å². The van der Waals surface area contributed by atoms with E-state index in [0.717, 1.165) is 25.9 Å². The molecule has 0 radical (unpaired) electrons. The first kappa shape index (κ1) is 9.60. The highest BCUT2D eigenvalue weighted by atomic mass is 16.5. The zero-order valence-electron chi connectivity index (χ0n) is 8.95. The number of hydrogen-bond acceptors (Lipinski definition) is 3. The van der Waals surface area contributed by atoms with Crippen molar-refractivity contribution in [1.29, 1.82) is 0 Å². The number of rotatable bonds is 3. The van der Waals surface area contributed by atoms with E-state index in [1.165, 1.54) is 12.8 Å². The number of carbonyl (C=O) groups excluding carboxylic acids is 1. The molecule has 0 spiro atoms. The van der Waals surface area contributed by atoms with Crippen LogP contribution in [0.4, 0.5) is 0 Å². The monoisotopic (exact) mass is 210 g/mol. The molecule has 2 atom stereocenters. The van der Waals surface area contributed by atoms with Crippen molar-refractivity contribution in [2.75, 3.05) is 19.6 Å². The van der Waals surface area contributed by atoms with Crippen LogP contribution in [0, 0.1) is 0 Å². The lowest BCUT2D eigenvalue weighted by Gasteiger charge is -2.32. The van der Waals surface area contributed by atoms with Gasteiger partial charge in [-0.3, -0.25) is 4.79 Å². The average Bonchev–Trinajstić information content (AvgIpc) is 3.01. The Morgan fingerprint density at radius 1 is 1.20 bits per heavy atom. The van der Waals surface area contributed by atoms with Crippen LogP contribution in [0.5, 0.6) is 0 Å². The maximum atomic E-state index is 11.9. The van der Waals surface area contributed by atoms with Gasteiger partial charge in [-0.1, -0.05) is 0 Å². The summed E-state index contributed by atoms with van der Waals surface area (Å²) in [4.78, 5) is 13.8. The van der Waals surface area contributed by atoms with E-state index in [1.54, 1.807) is 0 Å². The first-order valence-corrected chi connectivity index (χ1v) is 5.98. The van der Waals surface area contributed by atoms with Crippen molar-refractivity contribution in [1.82, 2.24) is 10.2 Å². The molecule has 1 amide bonds. The minimum Gasteiger partial charge on any atom is -0.371 e. The molecule has 1 N–H and O–H groups in total. The van der Waals surface area contributed by atoms with Gasteiger partial charge in [0.05, 0.1) is 18.8 Å². The van der Waals surface area contributed by atoms with E-state index in [2.05, 4.69) is 5.32 Å². The van der Waals surface area contributed by atoms with Gasteiger partial charge >= 0.3 is 0 Å². The molecule has 2 aliphatic heterocycles. The van der Waals surface area contributed by atoms with Crippen molar-refractivity contribution in [2.24, 2.45) is 0 Å². The maximum Gasteiger partial charge on any atom is 0.236 e. The number of fused-ring (bicyclic) bond motifs is 2. The molecule has 2 bridgehead atoms. The second-order valence-electron chi connectivity index (χ2n) is 4.91. The summed E-state index contributed by atoms with van der Waals surface area (Å²) in [5.41, 5.74) is 0. The highest BCUT2D eigenvalue weighted by Crippen LogP contribution is 2.26. The topological polar surface area (TPSA) is 41.6 Å². The molecule has 84 valence electrons. The predicted octanol–water partition coefficient (Wildman–Crippen LogP) is 0.128. The normalized spacial score (nSPS) is 34.5. The smallest absolute Gasteiger partial charge is 0.236 e. The van der Waals surface area contributed by atoms with Crippen molar-refractivity contribution < 1.29 is 9.53 Å². The van der Waals surface area contributed by atoms with Crippen LogP contribution in [0.3, 0.4) is 0 Å². The SMILES string of the molecule is O=C(CNC1CC1)N1CC2CCC(C1)O2. The number of nitrogens with one attached hydrogen (secondary N) is 1. The quantitative estimate of drug-likeness (QED) is 0.720. The second-order valence-corrected chi connectivity index (χ2v) is 4.91. The molecular formula is C11H18N2O2. The molecule has 3 rings (SSSR count). The van der Waals surface area contributed by atoms with Gasteiger partial charge in [0.15, 0.2) is 0 Å². The van der Waals surface area contributed by atoms with Gasteiger partial charge in [0, 0.05) is 19.1 Å². The Bertz CT molecular complexity index is 253. The van der Waals surface area contributed by atoms with Crippen LogP contribution in [0.2, 0.25) is 0 Å². The van der Waals surface area contributed by atoms with Crippen LogP contribution in [0.15, 0.2) is 0 Å². The maximum absolute atomic E-state index is 11.9. The summed E-state index contributed by atoms with van der Waals surface area (Å²) in [7, 11) is 0. The third-order valence-electron chi connectivity index (χ3n) is 3.52. The summed E-state index contributed by atoms with van der Waals surface area (Å²) in [6, 6.07) is 0.617. The third-order valence-corrected chi connectivity index (χ3v) is 3.52. The molecule has 0 aromatic heterocycles. The van der Waals surface area contributed by atoms with Crippen molar-refractivity contribution in [3.8, 4) is 0 Å². The summed E-state index contributed by atoms with van der Waals surface area (Å²) in [5, 5.41) is 3.27. The van der Waals surface area contributed by atoms with E-state index in [-0.39, 0.29) is 5.91 Å². The Hall–Kier alpha value is -0.610. The summed E-state index contributed by atoms with van der Waals surface area (Å²) >= 11 is 0. The molecule has 4 heteroatoms. The largest absolute Gasteiger partial charge is 0.371 e. The predicted molar refractivity (Wildman–Crippen MR) is 55.5 cm³/mol. The Morgan fingerprint density at radius 2 is 1.87 bits per heavy atom. The first-order chi connectivity index (χ1) is 7.31. The second kappa shape index (κ2) is 3.76. The summed E-state index contributed by atoms with van der Waals surface area (Å²) in [6.07, 6.45) is 5.36. The molecule has 2 unspecified atom stereocenters. The fraction of sp³-hybridized carbons (Fsp3) is 0.909. The van der Waals surface area contributed by atoms with Crippen molar-refractivity contribution in [3.63, 3.8) is 0 Å². The Balaban J connectivity index is 1.50. The Labute approximate surface area is 90.0 Å². The highest BCUT2D eigenvalue weighted by Gasteiger charge is 2.35. The molecule has 0 aromatic carbocycles. The van der Waals surface area contributed by atoms with Crippen LogP contribution in [0.25, 0.3) is 0 Å². The lowest BCUT2D eigenvalue weighted by Crippen LogP contribution is -2.48. The zero-order chi connectivity index (χ0) is 10.3. The molecule has 2 saturated heterocycles. The summed E-state index contributed by atoms with van der Waals surface area (Å²) in [6.45, 7) is 2.13. The van der Waals surface area contributed by atoms with Gasteiger partial charge in [-0.15, -0.1) is 0 Å². The van der Waals surface area contributed by atoms with E-state index in [0.29, 0.717) is 24.8 Å². The number of carbonyl (C=O) groups is 1. The molecule has 15 heavy (non-hydrogen) atoms. The van der Waals surface area contributed by atoms with Crippen molar-refractivity contribution in [3.05, 3.63) is 0 Å². The molecule has 2 heterocycles. The Morgan fingerprint density at radius 3 is 2.47 bits per heavy atom. The average molecular weight is 210 g/mol. The minimum absolute atomic E-state index is 0.252. The number of hydrogen-bond donors (Lipinski definition) is 1. The van der Waals surface area contributed by atoms with Crippen molar-refractivity contribution in [2.45, 2.75) is 43.9 Å². The van der Waals surface area contributed by atoms with Gasteiger partial charge in [-0.25, -0.2) is 0 Å².